The lowest BCUT2D eigenvalue weighted by Crippen LogP contribution is -2.19. The molecule has 0 bridgehead atoms. The van der Waals surface area contributed by atoms with E-state index in [2.05, 4.69) is 5.32 Å². The molecule has 0 aliphatic carbocycles. The van der Waals surface area contributed by atoms with Crippen LogP contribution in [-0.2, 0) is 4.74 Å². The molecule has 0 amide bonds. The molecule has 6 heteroatoms. The van der Waals surface area contributed by atoms with Crippen LogP contribution >= 0.6 is 11.6 Å². The number of ether oxygens (including phenoxy) is 1. The molecule has 1 aliphatic heterocycles. The number of fused-ring (bicyclic) bond motifs is 1. The Labute approximate surface area is 185 Å². The fourth-order valence-electron chi connectivity index (χ4n) is 3.92. The number of hydrogen-bond acceptors (Lipinski definition) is 5. The molecule has 2 aromatic heterocycles. The third kappa shape index (κ3) is 4.11. The third-order valence-electron chi connectivity index (χ3n) is 5.62. The van der Waals surface area contributed by atoms with Crippen molar-refractivity contribution in [2.24, 2.45) is 0 Å². The average Bonchev–Trinajstić information content (AvgIpc) is 3.44. The predicted molar refractivity (Wildman–Crippen MR) is 124 cm³/mol. The summed E-state index contributed by atoms with van der Waals surface area (Å²) in [5, 5.41) is 15.6. The Balaban J connectivity index is 1.58. The highest BCUT2D eigenvalue weighted by molar-refractivity contribution is 6.31. The molecule has 1 aliphatic rings. The topological polar surface area (TPSA) is 67.5 Å². The molecular weight excluding hydrogens is 412 g/mol. The van der Waals surface area contributed by atoms with Gasteiger partial charge in [0.05, 0.1) is 11.8 Å². The minimum absolute atomic E-state index is 0.140. The third-order valence-corrected chi connectivity index (χ3v) is 6.03. The van der Waals surface area contributed by atoms with E-state index in [9.17, 15) is 5.11 Å². The summed E-state index contributed by atoms with van der Waals surface area (Å²) in [6, 6.07) is 17.2. The van der Waals surface area contributed by atoms with Gasteiger partial charge in [-0.3, -0.25) is 0 Å². The van der Waals surface area contributed by atoms with Crippen LogP contribution in [0.1, 0.15) is 18.4 Å². The van der Waals surface area contributed by atoms with Gasteiger partial charge in [-0.15, -0.1) is 0 Å². The second-order valence-corrected chi connectivity index (χ2v) is 8.32. The van der Waals surface area contributed by atoms with E-state index in [4.69, 9.17) is 25.7 Å². The Kier molecular flexibility index (Phi) is 5.30. The molecule has 1 unspecified atom stereocenters. The zero-order valence-electron chi connectivity index (χ0n) is 17.2. The van der Waals surface area contributed by atoms with Crippen molar-refractivity contribution >= 4 is 28.4 Å². The number of phenols is 1. The molecule has 1 saturated heterocycles. The van der Waals surface area contributed by atoms with Gasteiger partial charge in [0.15, 0.2) is 0 Å². The van der Waals surface area contributed by atoms with Gasteiger partial charge in [0.2, 0.25) is 0 Å². The first kappa shape index (κ1) is 19.9. The van der Waals surface area contributed by atoms with Gasteiger partial charge in [0.1, 0.15) is 22.9 Å². The van der Waals surface area contributed by atoms with Gasteiger partial charge in [-0.25, -0.2) is 4.98 Å². The van der Waals surface area contributed by atoms with E-state index in [1.54, 1.807) is 12.1 Å². The first-order valence-electron chi connectivity index (χ1n) is 10.4. The summed E-state index contributed by atoms with van der Waals surface area (Å²) in [6.07, 6.45) is 2.31. The lowest BCUT2D eigenvalue weighted by molar-refractivity contribution is 0.120. The fourth-order valence-corrected chi connectivity index (χ4v) is 4.08. The molecule has 31 heavy (non-hydrogen) atoms. The smallest absolute Gasteiger partial charge is 0.135 e. The summed E-state index contributed by atoms with van der Waals surface area (Å²) >= 11 is 6.34. The van der Waals surface area contributed by atoms with E-state index in [1.807, 2.05) is 49.4 Å². The van der Waals surface area contributed by atoms with Crippen molar-refractivity contribution < 1.29 is 14.3 Å². The Morgan fingerprint density at radius 3 is 2.84 bits per heavy atom. The summed E-state index contributed by atoms with van der Waals surface area (Å²) in [5.41, 5.74) is 3.70. The number of anilines is 1. The van der Waals surface area contributed by atoms with Gasteiger partial charge in [-0.05, 0) is 61.7 Å². The van der Waals surface area contributed by atoms with Crippen LogP contribution in [0.4, 0.5) is 5.82 Å². The molecule has 1 fully saturated rings. The molecule has 158 valence electrons. The zero-order chi connectivity index (χ0) is 21.4. The van der Waals surface area contributed by atoms with Crippen LogP contribution in [0.25, 0.3) is 33.6 Å². The Morgan fingerprint density at radius 2 is 2.03 bits per heavy atom. The number of aromatic hydroxyl groups is 1. The number of aromatic nitrogens is 1. The zero-order valence-corrected chi connectivity index (χ0v) is 17.9. The normalized spacial score (nSPS) is 16.1. The van der Waals surface area contributed by atoms with E-state index in [0.29, 0.717) is 28.6 Å². The number of furan rings is 1. The van der Waals surface area contributed by atoms with E-state index < -0.39 is 0 Å². The van der Waals surface area contributed by atoms with Crippen molar-refractivity contribution in [3.8, 4) is 28.3 Å². The lowest BCUT2D eigenvalue weighted by atomic mass is 10.0. The van der Waals surface area contributed by atoms with Crippen molar-refractivity contribution in [3.63, 3.8) is 0 Å². The number of phenolic OH excluding ortho intramolecular Hbond substituents is 1. The highest BCUT2D eigenvalue weighted by Crippen LogP contribution is 2.37. The van der Waals surface area contributed by atoms with Crippen LogP contribution < -0.4 is 5.32 Å². The van der Waals surface area contributed by atoms with Crippen LogP contribution in [0.3, 0.4) is 0 Å². The minimum Gasteiger partial charge on any atom is -0.507 e. The van der Waals surface area contributed by atoms with Crippen LogP contribution in [0.15, 0.2) is 59.0 Å². The second kappa shape index (κ2) is 8.25. The number of benzene rings is 2. The first-order chi connectivity index (χ1) is 15.1. The SMILES string of the molecule is Cc1cc(O)c(-c2cc(-c3cc4ccccc4o3)cc(NCC3CCCO3)n2)cc1Cl. The number of rotatable bonds is 5. The minimum atomic E-state index is 0.140. The molecule has 0 saturated carbocycles. The number of hydrogen-bond donors (Lipinski definition) is 2. The largest absolute Gasteiger partial charge is 0.507 e. The van der Waals surface area contributed by atoms with Crippen molar-refractivity contribution in [3.05, 3.63) is 65.2 Å². The van der Waals surface area contributed by atoms with Gasteiger partial charge in [0, 0.05) is 34.7 Å². The molecular formula is C25H23ClN2O3. The highest BCUT2D eigenvalue weighted by Gasteiger charge is 2.17. The highest BCUT2D eigenvalue weighted by atomic mass is 35.5. The Morgan fingerprint density at radius 1 is 1.16 bits per heavy atom. The van der Waals surface area contributed by atoms with Crippen LogP contribution in [0.5, 0.6) is 5.75 Å². The Bertz CT molecular complexity index is 1210. The van der Waals surface area contributed by atoms with Crippen molar-refractivity contribution in [2.75, 3.05) is 18.5 Å². The first-order valence-corrected chi connectivity index (χ1v) is 10.8. The summed E-state index contributed by atoms with van der Waals surface area (Å²) in [5.74, 6) is 1.57. The molecule has 0 spiro atoms. The summed E-state index contributed by atoms with van der Waals surface area (Å²) in [6.45, 7) is 3.34. The predicted octanol–water partition coefficient (Wildman–Crippen LogP) is 6.42. The fraction of sp³-hybridized carbons (Fsp3) is 0.240. The van der Waals surface area contributed by atoms with Crippen LogP contribution in [-0.4, -0.2) is 29.3 Å². The maximum atomic E-state index is 10.6. The summed E-state index contributed by atoms with van der Waals surface area (Å²) in [4.78, 5) is 4.75. The van der Waals surface area contributed by atoms with Crippen molar-refractivity contribution in [1.82, 2.24) is 4.98 Å². The standard InChI is InChI=1S/C25H23ClN2O3/c1-15-9-22(29)19(13-20(15)26)21-10-17(24-11-16-5-2-3-7-23(16)31-24)12-25(28-21)27-14-18-6-4-8-30-18/h2-3,5,7,9-13,18,29H,4,6,8,14H2,1H3,(H,27,28). The number of halogens is 1. The number of nitrogens with one attached hydrogen (secondary N) is 1. The van der Waals surface area contributed by atoms with E-state index in [1.165, 1.54) is 0 Å². The van der Waals surface area contributed by atoms with Gasteiger partial charge < -0.3 is 19.6 Å². The van der Waals surface area contributed by atoms with E-state index in [-0.39, 0.29) is 11.9 Å². The monoisotopic (exact) mass is 434 g/mol. The molecule has 5 rings (SSSR count). The molecule has 2 aromatic carbocycles. The van der Waals surface area contributed by atoms with Crippen LogP contribution in [0.2, 0.25) is 5.02 Å². The van der Waals surface area contributed by atoms with Gasteiger partial charge in [-0.2, -0.15) is 0 Å². The lowest BCUT2D eigenvalue weighted by Gasteiger charge is -2.14. The molecule has 4 aromatic rings. The average molecular weight is 435 g/mol. The maximum absolute atomic E-state index is 10.6. The molecule has 1 atom stereocenters. The van der Waals surface area contributed by atoms with Gasteiger partial charge in [-0.1, -0.05) is 29.8 Å². The molecule has 2 N–H and O–H groups in total. The summed E-state index contributed by atoms with van der Waals surface area (Å²) < 4.78 is 11.8. The maximum Gasteiger partial charge on any atom is 0.135 e. The molecule has 3 heterocycles. The van der Waals surface area contributed by atoms with Crippen molar-refractivity contribution in [1.29, 1.82) is 0 Å². The van der Waals surface area contributed by atoms with Gasteiger partial charge in [0.25, 0.3) is 0 Å². The Hall–Kier alpha value is -3.02. The van der Waals surface area contributed by atoms with Crippen LogP contribution in [0, 0.1) is 6.92 Å². The van der Waals surface area contributed by atoms with E-state index >= 15 is 0 Å². The molecule has 0 radical (unpaired) electrons. The number of pyridine rings is 1. The number of para-hydroxylation sites is 1. The number of aryl methyl sites for hydroxylation is 1. The number of nitrogens with zero attached hydrogens (tertiary/aromatic N) is 1. The van der Waals surface area contributed by atoms with E-state index in [0.717, 1.165) is 47.3 Å². The van der Waals surface area contributed by atoms with Crippen molar-refractivity contribution in [2.45, 2.75) is 25.9 Å². The second-order valence-electron chi connectivity index (χ2n) is 7.91. The van der Waals surface area contributed by atoms with Gasteiger partial charge >= 0.3 is 0 Å². The summed E-state index contributed by atoms with van der Waals surface area (Å²) in [7, 11) is 0. The quantitative estimate of drug-likeness (QED) is 0.379. The molecule has 5 nitrogen and oxygen atoms in total.